The molecular formula is C23H26N4O2. The Hall–Kier alpha value is -3.12. The molecule has 2 heterocycles. The van der Waals surface area contributed by atoms with Crippen molar-refractivity contribution in [2.75, 3.05) is 18.0 Å². The minimum absolute atomic E-state index is 0.0362. The first-order chi connectivity index (χ1) is 14.1. The predicted octanol–water partition coefficient (Wildman–Crippen LogP) is 2.55. The Bertz CT molecular complexity index is 1080. The van der Waals surface area contributed by atoms with Gasteiger partial charge >= 0.3 is 0 Å². The topological polar surface area (TPSA) is 59.3 Å². The molecule has 3 aromatic rings. The summed E-state index contributed by atoms with van der Waals surface area (Å²) in [5.41, 5.74) is 4.57. The van der Waals surface area contributed by atoms with Crippen molar-refractivity contribution < 1.29 is 4.79 Å². The summed E-state index contributed by atoms with van der Waals surface area (Å²) < 4.78 is 3.52. The highest BCUT2D eigenvalue weighted by molar-refractivity contribution is 5.95. The fourth-order valence-electron chi connectivity index (χ4n) is 4.01. The second kappa shape index (κ2) is 8.09. The standard InChI is InChI=1S/C23H26N4O2/c1-17-20(23(29)27(25(17)2)19-11-4-3-5-12-19)15-24-16-22(28)26-14-8-10-18-9-6-7-13-21(18)26/h3-7,9,11-13,24H,8,10,14-16H2,1-2H3. The molecule has 0 atom stereocenters. The van der Waals surface area contributed by atoms with E-state index in [1.807, 2.05) is 72.1 Å². The quantitative estimate of drug-likeness (QED) is 0.728. The van der Waals surface area contributed by atoms with Crippen LogP contribution in [-0.2, 0) is 24.8 Å². The molecule has 29 heavy (non-hydrogen) atoms. The number of carbonyl (C=O) groups is 1. The largest absolute Gasteiger partial charge is 0.311 e. The van der Waals surface area contributed by atoms with E-state index in [1.165, 1.54) is 5.56 Å². The summed E-state index contributed by atoms with van der Waals surface area (Å²) in [6.07, 6.45) is 1.98. The average Bonchev–Trinajstić information content (AvgIpc) is 2.97. The van der Waals surface area contributed by atoms with Crippen LogP contribution < -0.4 is 15.8 Å². The molecule has 0 saturated carbocycles. The van der Waals surface area contributed by atoms with Crippen LogP contribution >= 0.6 is 0 Å². The van der Waals surface area contributed by atoms with Crippen molar-refractivity contribution in [3.63, 3.8) is 0 Å². The van der Waals surface area contributed by atoms with Gasteiger partial charge in [-0.3, -0.25) is 14.3 Å². The molecule has 1 aromatic heterocycles. The van der Waals surface area contributed by atoms with Gasteiger partial charge in [0.15, 0.2) is 0 Å². The minimum Gasteiger partial charge on any atom is -0.311 e. The molecule has 2 aromatic carbocycles. The van der Waals surface area contributed by atoms with E-state index in [1.54, 1.807) is 4.68 Å². The normalized spacial score (nSPS) is 13.4. The number of carbonyl (C=O) groups excluding carboxylic acids is 1. The van der Waals surface area contributed by atoms with E-state index in [0.717, 1.165) is 36.5 Å². The molecule has 0 bridgehead atoms. The van der Waals surface area contributed by atoms with Crippen molar-refractivity contribution in [3.05, 3.63) is 81.8 Å². The molecule has 0 spiro atoms. The van der Waals surface area contributed by atoms with Crippen LogP contribution in [0.4, 0.5) is 5.69 Å². The van der Waals surface area contributed by atoms with Crippen molar-refractivity contribution in [1.82, 2.24) is 14.7 Å². The first-order valence-electron chi connectivity index (χ1n) is 10.00. The van der Waals surface area contributed by atoms with Gasteiger partial charge in [0, 0.05) is 31.5 Å². The van der Waals surface area contributed by atoms with Gasteiger partial charge in [0.2, 0.25) is 5.91 Å². The summed E-state index contributed by atoms with van der Waals surface area (Å²) in [5, 5.41) is 3.19. The Morgan fingerprint density at radius 3 is 2.59 bits per heavy atom. The Kier molecular flexibility index (Phi) is 5.36. The fraction of sp³-hybridized carbons (Fsp3) is 0.304. The highest BCUT2D eigenvalue weighted by atomic mass is 16.2. The first-order valence-corrected chi connectivity index (χ1v) is 10.00. The summed E-state index contributed by atoms with van der Waals surface area (Å²) in [6.45, 7) is 3.23. The van der Waals surface area contributed by atoms with E-state index in [-0.39, 0.29) is 18.0 Å². The number of rotatable bonds is 5. The number of fused-ring (bicyclic) bond motifs is 1. The number of hydrogen-bond donors (Lipinski definition) is 1. The zero-order chi connectivity index (χ0) is 20.4. The number of aryl methyl sites for hydroxylation is 1. The van der Waals surface area contributed by atoms with E-state index in [2.05, 4.69) is 11.4 Å². The van der Waals surface area contributed by atoms with Crippen LogP contribution in [0.3, 0.4) is 0 Å². The third-order valence-electron chi connectivity index (χ3n) is 5.66. The Morgan fingerprint density at radius 1 is 1.07 bits per heavy atom. The highest BCUT2D eigenvalue weighted by Crippen LogP contribution is 2.26. The van der Waals surface area contributed by atoms with Gasteiger partial charge in [-0.05, 0) is 43.5 Å². The number of aromatic nitrogens is 2. The summed E-state index contributed by atoms with van der Waals surface area (Å²) in [7, 11) is 1.88. The Labute approximate surface area is 170 Å². The first kappa shape index (κ1) is 19.2. The maximum absolute atomic E-state index is 13.0. The maximum Gasteiger partial charge on any atom is 0.276 e. The SMILES string of the molecule is Cc1c(CNCC(=O)N2CCCc3ccccc32)c(=O)n(-c2ccccc2)n1C. The fourth-order valence-corrected chi connectivity index (χ4v) is 4.01. The third-order valence-corrected chi connectivity index (χ3v) is 5.66. The van der Waals surface area contributed by atoms with Gasteiger partial charge in [-0.25, -0.2) is 4.68 Å². The number of nitrogens with one attached hydrogen (secondary N) is 1. The van der Waals surface area contributed by atoms with Gasteiger partial charge < -0.3 is 10.2 Å². The number of hydrogen-bond acceptors (Lipinski definition) is 3. The predicted molar refractivity (Wildman–Crippen MR) is 115 cm³/mol. The molecule has 1 amide bonds. The molecule has 6 nitrogen and oxygen atoms in total. The van der Waals surface area contributed by atoms with Gasteiger partial charge in [0.05, 0.1) is 17.8 Å². The molecule has 4 rings (SSSR count). The molecule has 0 saturated heterocycles. The molecule has 1 aliphatic rings. The number of amides is 1. The number of para-hydroxylation sites is 2. The number of nitrogens with zero attached hydrogens (tertiary/aromatic N) is 3. The second-order valence-corrected chi connectivity index (χ2v) is 7.42. The smallest absolute Gasteiger partial charge is 0.276 e. The lowest BCUT2D eigenvalue weighted by Crippen LogP contribution is -2.41. The molecule has 1 aliphatic heterocycles. The zero-order valence-corrected chi connectivity index (χ0v) is 16.9. The highest BCUT2D eigenvalue weighted by Gasteiger charge is 2.22. The van der Waals surface area contributed by atoms with E-state index >= 15 is 0 Å². The minimum atomic E-state index is -0.0560. The summed E-state index contributed by atoms with van der Waals surface area (Å²) in [5.74, 6) is 0.0362. The van der Waals surface area contributed by atoms with E-state index < -0.39 is 0 Å². The van der Waals surface area contributed by atoms with E-state index in [4.69, 9.17) is 0 Å². The van der Waals surface area contributed by atoms with Crippen LogP contribution in [0.15, 0.2) is 59.4 Å². The van der Waals surface area contributed by atoms with Crippen molar-refractivity contribution in [3.8, 4) is 5.69 Å². The molecule has 0 radical (unpaired) electrons. The Balaban J connectivity index is 1.47. The second-order valence-electron chi connectivity index (χ2n) is 7.42. The van der Waals surface area contributed by atoms with Crippen molar-refractivity contribution in [2.45, 2.75) is 26.3 Å². The lowest BCUT2D eigenvalue weighted by atomic mass is 10.0. The van der Waals surface area contributed by atoms with Gasteiger partial charge in [0.1, 0.15) is 0 Å². The molecular weight excluding hydrogens is 364 g/mol. The van der Waals surface area contributed by atoms with E-state index in [0.29, 0.717) is 12.1 Å². The number of benzene rings is 2. The zero-order valence-electron chi connectivity index (χ0n) is 16.9. The van der Waals surface area contributed by atoms with Crippen molar-refractivity contribution >= 4 is 11.6 Å². The van der Waals surface area contributed by atoms with Crippen molar-refractivity contribution in [1.29, 1.82) is 0 Å². The van der Waals surface area contributed by atoms with Gasteiger partial charge in [-0.2, -0.15) is 0 Å². The summed E-state index contributed by atoms with van der Waals surface area (Å²) in [6, 6.07) is 17.7. The monoisotopic (exact) mass is 390 g/mol. The Morgan fingerprint density at radius 2 is 1.79 bits per heavy atom. The molecule has 6 heteroatoms. The van der Waals surface area contributed by atoms with Crippen LogP contribution in [0.25, 0.3) is 5.69 Å². The van der Waals surface area contributed by atoms with Crippen LogP contribution in [0, 0.1) is 6.92 Å². The van der Waals surface area contributed by atoms with Crippen LogP contribution in [0.5, 0.6) is 0 Å². The lowest BCUT2D eigenvalue weighted by molar-refractivity contribution is -0.117. The van der Waals surface area contributed by atoms with Gasteiger partial charge in [0.25, 0.3) is 5.56 Å². The van der Waals surface area contributed by atoms with Gasteiger partial charge in [-0.1, -0.05) is 36.4 Å². The molecule has 0 unspecified atom stereocenters. The van der Waals surface area contributed by atoms with E-state index in [9.17, 15) is 9.59 Å². The van der Waals surface area contributed by atoms with Crippen LogP contribution in [0.2, 0.25) is 0 Å². The molecule has 150 valence electrons. The summed E-state index contributed by atoms with van der Waals surface area (Å²) >= 11 is 0. The lowest BCUT2D eigenvalue weighted by Gasteiger charge is -2.29. The van der Waals surface area contributed by atoms with Gasteiger partial charge in [-0.15, -0.1) is 0 Å². The number of anilines is 1. The van der Waals surface area contributed by atoms with Crippen LogP contribution in [0.1, 0.15) is 23.2 Å². The third kappa shape index (κ3) is 3.63. The van der Waals surface area contributed by atoms with Crippen LogP contribution in [-0.4, -0.2) is 28.4 Å². The molecule has 1 N–H and O–H groups in total. The maximum atomic E-state index is 13.0. The van der Waals surface area contributed by atoms with Crippen molar-refractivity contribution in [2.24, 2.45) is 7.05 Å². The molecule has 0 aliphatic carbocycles. The average molecular weight is 390 g/mol. The molecule has 0 fully saturated rings. The summed E-state index contributed by atoms with van der Waals surface area (Å²) in [4.78, 5) is 27.6.